The first-order valence-corrected chi connectivity index (χ1v) is 9.35. The first-order chi connectivity index (χ1) is 12.2. The van der Waals surface area contributed by atoms with Crippen LogP contribution in [0, 0.1) is 12.8 Å². The molecule has 0 bridgehead atoms. The zero-order chi connectivity index (χ0) is 17.6. The summed E-state index contributed by atoms with van der Waals surface area (Å²) in [6.45, 7) is 5.32. The first-order valence-electron chi connectivity index (χ1n) is 9.35. The van der Waals surface area contributed by atoms with Crippen molar-refractivity contribution in [1.29, 1.82) is 0 Å². The summed E-state index contributed by atoms with van der Waals surface area (Å²) < 4.78 is 11.4. The molecule has 5 nitrogen and oxygen atoms in total. The van der Waals surface area contributed by atoms with E-state index in [1.54, 1.807) is 7.11 Å². The maximum absolute atomic E-state index is 12.5. The van der Waals surface area contributed by atoms with E-state index in [2.05, 4.69) is 29.3 Å². The predicted octanol–water partition coefficient (Wildman–Crippen LogP) is 2.13. The summed E-state index contributed by atoms with van der Waals surface area (Å²) in [6, 6.07) is 8.45. The van der Waals surface area contributed by atoms with Crippen LogP contribution < -0.4 is 5.32 Å². The molecule has 2 aliphatic rings. The molecule has 1 aromatic carbocycles. The highest BCUT2D eigenvalue weighted by Crippen LogP contribution is 2.33. The smallest absolute Gasteiger partial charge is 0.234 e. The topological polar surface area (TPSA) is 50.8 Å². The van der Waals surface area contributed by atoms with Gasteiger partial charge in [0.15, 0.2) is 0 Å². The van der Waals surface area contributed by atoms with Gasteiger partial charge < -0.3 is 14.8 Å². The molecule has 3 atom stereocenters. The van der Waals surface area contributed by atoms with Crippen molar-refractivity contribution in [1.82, 2.24) is 10.2 Å². The highest BCUT2D eigenvalue weighted by atomic mass is 16.5. The van der Waals surface area contributed by atoms with Gasteiger partial charge in [0.05, 0.1) is 25.9 Å². The Balaban J connectivity index is 1.56. The SMILES string of the molecule is CO[C@@H]1CCC[C@H]1[C@@H]1COCCN1CC(=O)NCc1ccccc1C. The number of carbonyl (C=O) groups is 1. The maximum Gasteiger partial charge on any atom is 0.234 e. The lowest BCUT2D eigenvalue weighted by atomic mass is 9.94. The monoisotopic (exact) mass is 346 g/mol. The predicted molar refractivity (Wildman–Crippen MR) is 97.3 cm³/mol. The average Bonchev–Trinajstić information content (AvgIpc) is 3.10. The average molecular weight is 346 g/mol. The molecule has 1 aliphatic heterocycles. The van der Waals surface area contributed by atoms with E-state index in [4.69, 9.17) is 9.47 Å². The highest BCUT2D eigenvalue weighted by Gasteiger charge is 2.38. The van der Waals surface area contributed by atoms with Crippen LogP contribution in [0.25, 0.3) is 0 Å². The van der Waals surface area contributed by atoms with E-state index in [0.29, 0.717) is 38.3 Å². The molecule has 0 radical (unpaired) electrons. The Morgan fingerprint density at radius 3 is 3.00 bits per heavy atom. The van der Waals surface area contributed by atoms with Crippen LogP contribution in [0.3, 0.4) is 0 Å². The molecule has 5 heteroatoms. The molecule has 0 aromatic heterocycles. The first kappa shape index (κ1) is 18.4. The van der Waals surface area contributed by atoms with Crippen LogP contribution in [-0.4, -0.2) is 56.4 Å². The van der Waals surface area contributed by atoms with Crippen molar-refractivity contribution in [2.75, 3.05) is 33.4 Å². The van der Waals surface area contributed by atoms with Gasteiger partial charge in [-0.05, 0) is 30.9 Å². The van der Waals surface area contributed by atoms with E-state index in [9.17, 15) is 4.79 Å². The Hall–Kier alpha value is -1.43. The molecular formula is C20H30N2O3. The molecular weight excluding hydrogens is 316 g/mol. The number of ether oxygens (including phenoxy) is 2. The number of nitrogens with one attached hydrogen (secondary N) is 1. The molecule has 1 amide bonds. The second-order valence-corrected chi connectivity index (χ2v) is 7.18. The van der Waals surface area contributed by atoms with Gasteiger partial charge in [0, 0.05) is 32.2 Å². The minimum atomic E-state index is 0.0853. The van der Waals surface area contributed by atoms with E-state index in [-0.39, 0.29) is 11.9 Å². The molecule has 1 N–H and O–H groups in total. The number of methoxy groups -OCH3 is 1. The van der Waals surface area contributed by atoms with Crippen molar-refractivity contribution in [2.45, 2.75) is 44.9 Å². The van der Waals surface area contributed by atoms with Crippen molar-refractivity contribution in [3.63, 3.8) is 0 Å². The summed E-state index contributed by atoms with van der Waals surface area (Å²) in [5.41, 5.74) is 2.38. The second-order valence-electron chi connectivity index (χ2n) is 7.18. The lowest BCUT2D eigenvalue weighted by Gasteiger charge is -2.40. The van der Waals surface area contributed by atoms with Crippen LogP contribution in [0.4, 0.5) is 0 Å². The second kappa shape index (κ2) is 8.79. The molecule has 1 aliphatic carbocycles. The van der Waals surface area contributed by atoms with E-state index in [0.717, 1.165) is 19.4 Å². The Morgan fingerprint density at radius 2 is 2.20 bits per heavy atom. The number of nitrogens with zero attached hydrogens (tertiary/aromatic N) is 1. The number of benzene rings is 1. The van der Waals surface area contributed by atoms with Crippen molar-refractivity contribution in [3.8, 4) is 0 Å². The van der Waals surface area contributed by atoms with E-state index < -0.39 is 0 Å². The molecule has 138 valence electrons. The quantitative estimate of drug-likeness (QED) is 0.857. The third kappa shape index (κ3) is 4.60. The van der Waals surface area contributed by atoms with Gasteiger partial charge in [-0.1, -0.05) is 30.7 Å². The zero-order valence-corrected chi connectivity index (χ0v) is 15.4. The maximum atomic E-state index is 12.5. The van der Waals surface area contributed by atoms with Crippen molar-refractivity contribution >= 4 is 5.91 Å². The fraction of sp³-hybridized carbons (Fsp3) is 0.650. The van der Waals surface area contributed by atoms with Crippen LogP contribution in [0.2, 0.25) is 0 Å². The normalized spacial score (nSPS) is 27.4. The van der Waals surface area contributed by atoms with Crippen LogP contribution in [0.1, 0.15) is 30.4 Å². The minimum absolute atomic E-state index is 0.0853. The Labute approximate surface area is 150 Å². The van der Waals surface area contributed by atoms with Crippen LogP contribution >= 0.6 is 0 Å². The number of rotatable bonds is 6. The van der Waals surface area contributed by atoms with Gasteiger partial charge in [-0.3, -0.25) is 9.69 Å². The van der Waals surface area contributed by atoms with Crippen molar-refractivity contribution in [3.05, 3.63) is 35.4 Å². The van der Waals surface area contributed by atoms with E-state index >= 15 is 0 Å². The number of carbonyl (C=O) groups excluding carboxylic acids is 1. The van der Waals surface area contributed by atoms with Gasteiger partial charge in [-0.2, -0.15) is 0 Å². The highest BCUT2D eigenvalue weighted by molar-refractivity contribution is 5.78. The van der Waals surface area contributed by atoms with Gasteiger partial charge in [0.1, 0.15) is 0 Å². The molecule has 3 rings (SSSR count). The van der Waals surface area contributed by atoms with Gasteiger partial charge in [-0.15, -0.1) is 0 Å². The molecule has 1 aromatic rings. The fourth-order valence-electron chi connectivity index (χ4n) is 4.18. The summed E-state index contributed by atoms with van der Waals surface area (Å²) in [5, 5.41) is 3.07. The molecule has 2 fully saturated rings. The van der Waals surface area contributed by atoms with Crippen molar-refractivity contribution < 1.29 is 14.3 Å². The molecule has 0 spiro atoms. The summed E-state index contributed by atoms with van der Waals surface area (Å²) in [4.78, 5) is 14.8. The number of hydrogen-bond donors (Lipinski definition) is 1. The van der Waals surface area contributed by atoms with Crippen LogP contribution in [-0.2, 0) is 20.8 Å². The van der Waals surface area contributed by atoms with Gasteiger partial charge in [0.25, 0.3) is 0 Å². The molecule has 1 heterocycles. The Kier molecular flexibility index (Phi) is 6.45. The zero-order valence-electron chi connectivity index (χ0n) is 15.4. The summed E-state index contributed by atoms with van der Waals surface area (Å²) in [6.07, 6.45) is 3.77. The Bertz CT molecular complexity index is 578. The van der Waals surface area contributed by atoms with Crippen LogP contribution in [0.5, 0.6) is 0 Å². The minimum Gasteiger partial charge on any atom is -0.381 e. The fourth-order valence-corrected chi connectivity index (χ4v) is 4.18. The van der Waals surface area contributed by atoms with Crippen LogP contribution in [0.15, 0.2) is 24.3 Å². The third-order valence-electron chi connectivity index (χ3n) is 5.67. The van der Waals surface area contributed by atoms with E-state index in [1.165, 1.54) is 17.5 Å². The lowest BCUT2D eigenvalue weighted by molar-refractivity contribution is -0.126. The van der Waals surface area contributed by atoms with Gasteiger partial charge in [-0.25, -0.2) is 0 Å². The summed E-state index contributed by atoms with van der Waals surface area (Å²) >= 11 is 0. The van der Waals surface area contributed by atoms with Crippen molar-refractivity contribution in [2.24, 2.45) is 5.92 Å². The van der Waals surface area contributed by atoms with E-state index in [1.807, 2.05) is 12.1 Å². The Morgan fingerprint density at radius 1 is 1.36 bits per heavy atom. The molecule has 0 unspecified atom stereocenters. The standard InChI is InChI=1S/C20H30N2O3/c1-15-6-3-4-7-16(15)12-21-20(23)13-22-10-11-25-14-18(22)17-8-5-9-19(17)24-2/h3-4,6-7,17-19H,5,8-14H2,1-2H3,(H,21,23)/t17-,18-,19+/m0/s1. The third-order valence-corrected chi connectivity index (χ3v) is 5.67. The number of morpholine rings is 1. The van der Waals surface area contributed by atoms with Gasteiger partial charge in [0.2, 0.25) is 5.91 Å². The van der Waals surface area contributed by atoms with Gasteiger partial charge >= 0.3 is 0 Å². The lowest BCUT2D eigenvalue weighted by Crippen LogP contribution is -2.54. The number of aryl methyl sites for hydroxylation is 1. The summed E-state index contributed by atoms with van der Waals surface area (Å²) in [5.74, 6) is 0.552. The number of hydrogen-bond acceptors (Lipinski definition) is 4. The number of amides is 1. The molecule has 1 saturated carbocycles. The molecule has 25 heavy (non-hydrogen) atoms. The summed E-state index contributed by atoms with van der Waals surface area (Å²) in [7, 11) is 1.80. The molecule has 1 saturated heterocycles. The largest absolute Gasteiger partial charge is 0.381 e.